The number of carbonyl (C=O) groups is 1. The van der Waals surface area contributed by atoms with Gasteiger partial charge in [0.2, 0.25) is 0 Å². The number of halogens is 1. The van der Waals surface area contributed by atoms with Crippen molar-refractivity contribution < 1.29 is 9.90 Å². The number of carboxylic acids is 1. The molecule has 0 spiro atoms. The van der Waals surface area contributed by atoms with Gasteiger partial charge < -0.3 is 10.4 Å². The quantitative estimate of drug-likeness (QED) is 0.680. The van der Waals surface area contributed by atoms with E-state index in [0.29, 0.717) is 5.92 Å². The molecule has 4 heteroatoms. The minimum atomic E-state index is -0.739. The van der Waals surface area contributed by atoms with Crippen molar-refractivity contribution >= 4 is 21.9 Å². The summed E-state index contributed by atoms with van der Waals surface area (Å²) in [5.74, 6) is -0.439. The first-order chi connectivity index (χ1) is 5.22. The SMILES string of the molecule is O=C(O)C(Br)C1CCNCC1. The Morgan fingerprint density at radius 1 is 1.55 bits per heavy atom. The molecule has 0 aromatic heterocycles. The number of nitrogens with one attached hydrogen (secondary N) is 1. The van der Waals surface area contributed by atoms with E-state index in [0.717, 1.165) is 25.9 Å². The number of piperidine rings is 1. The van der Waals surface area contributed by atoms with Crippen LogP contribution in [0.3, 0.4) is 0 Å². The van der Waals surface area contributed by atoms with Crippen molar-refractivity contribution in [3.63, 3.8) is 0 Å². The molecule has 0 amide bonds. The van der Waals surface area contributed by atoms with Crippen molar-refractivity contribution in [1.29, 1.82) is 0 Å². The van der Waals surface area contributed by atoms with Gasteiger partial charge in [-0.2, -0.15) is 0 Å². The lowest BCUT2D eigenvalue weighted by molar-refractivity contribution is -0.137. The highest BCUT2D eigenvalue weighted by Gasteiger charge is 2.26. The number of aliphatic carboxylic acids is 1. The number of carboxylic acid groups (broad SMARTS) is 1. The smallest absolute Gasteiger partial charge is 0.317 e. The Morgan fingerprint density at radius 3 is 2.55 bits per heavy atom. The van der Waals surface area contributed by atoms with Crippen LogP contribution in [0, 0.1) is 5.92 Å². The summed E-state index contributed by atoms with van der Waals surface area (Å²) in [7, 11) is 0. The van der Waals surface area contributed by atoms with Crippen molar-refractivity contribution in [3.05, 3.63) is 0 Å². The average molecular weight is 222 g/mol. The molecule has 0 bridgehead atoms. The van der Waals surface area contributed by atoms with Crippen molar-refractivity contribution in [3.8, 4) is 0 Å². The van der Waals surface area contributed by atoms with Crippen LogP contribution >= 0.6 is 15.9 Å². The van der Waals surface area contributed by atoms with Gasteiger partial charge in [0.1, 0.15) is 4.83 Å². The van der Waals surface area contributed by atoms with Crippen LogP contribution < -0.4 is 5.32 Å². The molecule has 0 aromatic rings. The zero-order chi connectivity index (χ0) is 8.27. The van der Waals surface area contributed by atoms with E-state index in [1.165, 1.54) is 0 Å². The lowest BCUT2D eigenvalue weighted by atomic mass is 9.95. The van der Waals surface area contributed by atoms with Gasteiger partial charge in [0.15, 0.2) is 0 Å². The van der Waals surface area contributed by atoms with Crippen LogP contribution in [0.25, 0.3) is 0 Å². The number of alkyl halides is 1. The molecule has 1 aliphatic heterocycles. The second kappa shape index (κ2) is 4.07. The molecule has 1 aliphatic rings. The van der Waals surface area contributed by atoms with Crippen LogP contribution in [-0.4, -0.2) is 29.0 Å². The molecule has 1 unspecified atom stereocenters. The summed E-state index contributed by atoms with van der Waals surface area (Å²) in [6, 6.07) is 0. The first-order valence-electron chi connectivity index (χ1n) is 3.79. The maximum atomic E-state index is 10.5. The maximum Gasteiger partial charge on any atom is 0.317 e. The minimum absolute atomic E-state index is 0.300. The summed E-state index contributed by atoms with van der Waals surface area (Å²) in [6.07, 6.45) is 1.92. The van der Waals surface area contributed by atoms with Crippen LogP contribution in [0.1, 0.15) is 12.8 Å². The van der Waals surface area contributed by atoms with E-state index in [9.17, 15) is 4.79 Å². The molecule has 0 saturated carbocycles. The topological polar surface area (TPSA) is 49.3 Å². The highest BCUT2D eigenvalue weighted by atomic mass is 79.9. The van der Waals surface area contributed by atoms with Crippen molar-refractivity contribution in [2.24, 2.45) is 5.92 Å². The van der Waals surface area contributed by atoms with Crippen LogP contribution in [0.4, 0.5) is 0 Å². The van der Waals surface area contributed by atoms with E-state index in [1.807, 2.05) is 0 Å². The summed E-state index contributed by atoms with van der Waals surface area (Å²) < 4.78 is 0. The molecule has 64 valence electrons. The molecule has 1 fully saturated rings. The fourth-order valence-corrected chi connectivity index (χ4v) is 1.87. The van der Waals surface area contributed by atoms with Gasteiger partial charge in [0, 0.05) is 0 Å². The van der Waals surface area contributed by atoms with Gasteiger partial charge in [-0.15, -0.1) is 0 Å². The third-order valence-corrected chi connectivity index (χ3v) is 3.17. The van der Waals surface area contributed by atoms with E-state index in [4.69, 9.17) is 5.11 Å². The van der Waals surface area contributed by atoms with Crippen LogP contribution in [-0.2, 0) is 4.79 Å². The van der Waals surface area contributed by atoms with Crippen LogP contribution in [0.2, 0.25) is 0 Å². The van der Waals surface area contributed by atoms with Gasteiger partial charge in [-0.05, 0) is 31.8 Å². The summed E-state index contributed by atoms with van der Waals surface area (Å²) in [6.45, 7) is 1.89. The van der Waals surface area contributed by atoms with Gasteiger partial charge in [-0.25, -0.2) is 0 Å². The third kappa shape index (κ3) is 2.45. The van der Waals surface area contributed by atoms with Gasteiger partial charge >= 0.3 is 5.97 Å². The molecule has 0 aromatic carbocycles. The van der Waals surface area contributed by atoms with Crippen molar-refractivity contribution in [1.82, 2.24) is 5.32 Å². The molecule has 1 rings (SSSR count). The number of rotatable bonds is 2. The number of hydrogen-bond acceptors (Lipinski definition) is 2. The predicted octanol–water partition coefficient (Wildman–Crippen LogP) is 0.834. The molecule has 11 heavy (non-hydrogen) atoms. The second-order valence-electron chi connectivity index (χ2n) is 2.83. The molecule has 1 saturated heterocycles. The summed E-state index contributed by atoms with van der Waals surface area (Å²) in [5, 5.41) is 11.9. The van der Waals surface area contributed by atoms with Crippen LogP contribution in [0.5, 0.6) is 0 Å². The molecule has 2 N–H and O–H groups in total. The largest absolute Gasteiger partial charge is 0.480 e. The summed E-state index contributed by atoms with van der Waals surface area (Å²) in [4.78, 5) is 10.2. The summed E-state index contributed by atoms with van der Waals surface area (Å²) in [5.41, 5.74) is 0. The Balaban J connectivity index is 2.38. The monoisotopic (exact) mass is 221 g/mol. The summed E-state index contributed by atoms with van der Waals surface area (Å²) >= 11 is 3.18. The fourth-order valence-electron chi connectivity index (χ4n) is 1.34. The van der Waals surface area contributed by atoms with E-state index in [2.05, 4.69) is 21.2 Å². The average Bonchev–Trinajstić information content (AvgIpc) is 2.05. The molecule has 1 atom stereocenters. The fraction of sp³-hybridized carbons (Fsp3) is 0.857. The Labute approximate surface area is 74.3 Å². The zero-order valence-electron chi connectivity index (χ0n) is 6.22. The van der Waals surface area contributed by atoms with E-state index in [1.54, 1.807) is 0 Å². The first-order valence-corrected chi connectivity index (χ1v) is 4.71. The highest BCUT2D eigenvalue weighted by Crippen LogP contribution is 2.22. The second-order valence-corrected chi connectivity index (χ2v) is 3.81. The molecular formula is C7H12BrNO2. The Bertz CT molecular complexity index is 145. The maximum absolute atomic E-state index is 10.5. The zero-order valence-corrected chi connectivity index (χ0v) is 7.80. The lowest BCUT2D eigenvalue weighted by Gasteiger charge is -2.24. The van der Waals surface area contributed by atoms with Gasteiger partial charge in [-0.3, -0.25) is 4.79 Å². The Kier molecular flexibility index (Phi) is 3.33. The minimum Gasteiger partial charge on any atom is -0.480 e. The van der Waals surface area contributed by atoms with Gasteiger partial charge in [0.25, 0.3) is 0 Å². The lowest BCUT2D eigenvalue weighted by Crippen LogP contribution is -2.34. The molecule has 0 aliphatic carbocycles. The van der Waals surface area contributed by atoms with E-state index < -0.39 is 5.97 Å². The highest BCUT2D eigenvalue weighted by molar-refractivity contribution is 9.10. The standard InChI is InChI=1S/C7H12BrNO2/c8-6(7(10)11)5-1-3-9-4-2-5/h5-6,9H,1-4H2,(H,10,11). The third-order valence-electron chi connectivity index (χ3n) is 2.03. The van der Waals surface area contributed by atoms with Crippen molar-refractivity contribution in [2.45, 2.75) is 17.7 Å². The van der Waals surface area contributed by atoms with Gasteiger partial charge in [-0.1, -0.05) is 15.9 Å². The first kappa shape index (κ1) is 9.00. The van der Waals surface area contributed by atoms with Crippen LogP contribution in [0.15, 0.2) is 0 Å². The Hall–Kier alpha value is -0.0900. The molecular weight excluding hydrogens is 210 g/mol. The predicted molar refractivity (Wildman–Crippen MR) is 45.9 cm³/mol. The molecule has 1 heterocycles. The van der Waals surface area contributed by atoms with E-state index in [-0.39, 0.29) is 4.83 Å². The van der Waals surface area contributed by atoms with E-state index >= 15 is 0 Å². The van der Waals surface area contributed by atoms with Gasteiger partial charge in [0.05, 0.1) is 0 Å². The van der Waals surface area contributed by atoms with Crippen molar-refractivity contribution in [2.75, 3.05) is 13.1 Å². The molecule has 0 radical (unpaired) electrons. The Morgan fingerprint density at radius 2 is 2.09 bits per heavy atom. The molecule has 3 nitrogen and oxygen atoms in total. The normalized spacial score (nSPS) is 23.0. The number of hydrogen-bond donors (Lipinski definition) is 2.